The number of hydrogen-bond donors (Lipinski definition) is 1. The first-order valence-electron chi connectivity index (χ1n) is 11.1. The lowest BCUT2D eigenvalue weighted by atomic mass is 9.89. The van der Waals surface area contributed by atoms with E-state index in [-0.39, 0.29) is 0 Å². The molecular formula is C24H33N3O. The van der Waals surface area contributed by atoms with Crippen molar-refractivity contribution in [2.75, 3.05) is 12.4 Å². The van der Waals surface area contributed by atoms with Gasteiger partial charge in [-0.1, -0.05) is 26.7 Å². The Kier molecular flexibility index (Phi) is 5.84. The van der Waals surface area contributed by atoms with Crippen molar-refractivity contribution >= 4 is 5.82 Å². The van der Waals surface area contributed by atoms with Crippen LogP contribution in [0.15, 0.2) is 12.1 Å². The average molecular weight is 380 g/mol. The van der Waals surface area contributed by atoms with Crippen molar-refractivity contribution in [1.82, 2.24) is 9.97 Å². The summed E-state index contributed by atoms with van der Waals surface area (Å²) in [6.45, 7) is 4.34. The van der Waals surface area contributed by atoms with Crippen LogP contribution in [0, 0.1) is 0 Å². The van der Waals surface area contributed by atoms with Gasteiger partial charge in [0.05, 0.1) is 24.2 Å². The molecule has 0 unspecified atom stereocenters. The van der Waals surface area contributed by atoms with Gasteiger partial charge in [-0.25, -0.2) is 9.97 Å². The van der Waals surface area contributed by atoms with Gasteiger partial charge >= 0.3 is 0 Å². The first-order chi connectivity index (χ1) is 13.7. The summed E-state index contributed by atoms with van der Waals surface area (Å²) >= 11 is 0. The molecule has 1 fully saturated rings. The second-order valence-corrected chi connectivity index (χ2v) is 8.18. The second kappa shape index (κ2) is 8.50. The lowest BCUT2D eigenvalue weighted by molar-refractivity contribution is 0.415. The highest BCUT2D eigenvalue weighted by molar-refractivity contribution is 5.72. The molecule has 4 rings (SSSR count). The number of rotatable bonds is 6. The molecule has 0 spiro atoms. The molecule has 4 heteroatoms. The first-order valence-corrected chi connectivity index (χ1v) is 11.1. The van der Waals surface area contributed by atoms with Crippen LogP contribution in [-0.4, -0.2) is 23.1 Å². The summed E-state index contributed by atoms with van der Waals surface area (Å²) in [4.78, 5) is 10.2. The molecule has 0 saturated heterocycles. The topological polar surface area (TPSA) is 47.0 Å². The maximum atomic E-state index is 5.79. The van der Waals surface area contributed by atoms with Gasteiger partial charge in [-0.15, -0.1) is 0 Å². The summed E-state index contributed by atoms with van der Waals surface area (Å²) in [5, 5.41) is 3.69. The molecule has 4 nitrogen and oxygen atoms in total. The van der Waals surface area contributed by atoms with Crippen LogP contribution in [0.5, 0.6) is 5.75 Å². The fourth-order valence-corrected chi connectivity index (χ4v) is 4.71. The van der Waals surface area contributed by atoms with Crippen LogP contribution in [0.4, 0.5) is 5.82 Å². The predicted molar refractivity (Wildman–Crippen MR) is 115 cm³/mol. The van der Waals surface area contributed by atoms with Crippen LogP contribution in [0.25, 0.3) is 11.3 Å². The van der Waals surface area contributed by atoms with Crippen LogP contribution in [-0.2, 0) is 25.7 Å². The Hall–Kier alpha value is -2.10. The summed E-state index contributed by atoms with van der Waals surface area (Å²) in [6, 6.07) is 5.11. The van der Waals surface area contributed by atoms with Crippen LogP contribution >= 0.6 is 0 Å². The van der Waals surface area contributed by atoms with Crippen LogP contribution in [0.3, 0.4) is 0 Å². The maximum absolute atomic E-state index is 5.79. The summed E-state index contributed by atoms with van der Waals surface area (Å²) in [5.74, 6) is 1.93. The number of nitrogens with one attached hydrogen (secondary N) is 1. The van der Waals surface area contributed by atoms with E-state index in [0.29, 0.717) is 6.04 Å². The summed E-state index contributed by atoms with van der Waals surface area (Å²) in [6.07, 6.45) is 11.7. The Balaban J connectivity index is 1.78. The zero-order valence-electron chi connectivity index (χ0n) is 17.6. The number of aromatic nitrogens is 2. The predicted octanol–water partition coefficient (Wildman–Crippen LogP) is 5.51. The van der Waals surface area contributed by atoms with Gasteiger partial charge in [0.2, 0.25) is 0 Å². The second-order valence-electron chi connectivity index (χ2n) is 8.18. The molecule has 2 aliphatic rings. The minimum Gasteiger partial charge on any atom is -0.496 e. The molecule has 150 valence electrons. The Morgan fingerprint density at radius 2 is 1.61 bits per heavy atom. The number of hydrogen-bond acceptors (Lipinski definition) is 4. The van der Waals surface area contributed by atoms with Gasteiger partial charge in [-0.3, -0.25) is 0 Å². The molecule has 1 aromatic carbocycles. The fourth-order valence-electron chi connectivity index (χ4n) is 4.71. The van der Waals surface area contributed by atoms with Crippen molar-refractivity contribution < 1.29 is 4.74 Å². The van der Waals surface area contributed by atoms with Gasteiger partial charge in [-0.2, -0.15) is 0 Å². The molecule has 0 radical (unpaired) electrons. The van der Waals surface area contributed by atoms with Gasteiger partial charge in [0.15, 0.2) is 0 Å². The van der Waals surface area contributed by atoms with Gasteiger partial charge in [0.1, 0.15) is 11.6 Å². The van der Waals surface area contributed by atoms with E-state index in [4.69, 9.17) is 14.7 Å². The number of methoxy groups -OCH3 is 1. The third-order valence-corrected chi connectivity index (χ3v) is 6.33. The minimum atomic E-state index is 0.549. The number of aryl methyl sites for hydroxylation is 4. The van der Waals surface area contributed by atoms with Gasteiger partial charge in [-0.05, 0) is 74.6 Å². The van der Waals surface area contributed by atoms with Crippen molar-refractivity contribution in [3.63, 3.8) is 0 Å². The molecule has 1 N–H and O–H groups in total. The van der Waals surface area contributed by atoms with E-state index < -0.39 is 0 Å². The molecule has 2 aromatic rings. The molecule has 0 atom stereocenters. The van der Waals surface area contributed by atoms with E-state index in [2.05, 4.69) is 31.3 Å². The fraction of sp³-hybridized carbons (Fsp3) is 0.583. The monoisotopic (exact) mass is 379 g/mol. The van der Waals surface area contributed by atoms with Crippen molar-refractivity contribution in [3.8, 4) is 17.0 Å². The Morgan fingerprint density at radius 3 is 2.25 bits per heavy atom. The van der Waals surface area contributed by atoms with E-state index in [1.54, 1.807) is 7.11 Å². The van der Waals surface area contributed by atoms with Crippen LogP contribution < -0.4 is 10.1 Å². The molecular weight excluding hydrogens is 346 g/mol. The number of ether oxygens (including phenoxy) is 1. The maximum Gasteiger partial charge on any atom is 0.148 e. The molecule has 0 aliphatic heterocycles. The first kappa shape index (κ1) is 19.2. The van der Waals surface area contributed by atoms with Crippen molar-refractivity contribution in [3.05, 3.63) is 34.6 Å². The van der Waals surface area contributed by atoms with Gasteiger partial charge in [0.25, 0.3) is 0 Å². The molecule has 28 heavy (non-hydrogen) atoms. The van der Waals surface area contributed by atoms with Gasteiger partial charge < -0.3 is 10.1 Å². The van der Waals surface area contributed by atoms with E-state index in [1.807, 2.05) is 0 Å². The zero-order chi connectivity index (χ0) is 19.5. The van der Waals surface area contributed by atoms with Gasteiger partial charge in [0, 0.05) is 11.6 Å². The van der Waals surface area contributed by atoms with E-state index in [9.17, 15) is 0 Å². The van der Waals surface area contributed by atoms with E-state index in [1.165, 1.54) is 49.7 Å². The molecule has 1 aromatic heterocycles. The molecule has 1 heterocycles. The highest BCUT2D eigenvalue weighted by Crippen LogP contribution is 2.37. The molecule has 1 saturated carbocycles. The van der Waals surface area contributed by atoms with Crippen LogP contribution in [0.1, 0.15) is 74.9 Å². The Morgan fingerprint density at radius 1 is 0.929 bits per heavy atom. The summed E-state index contributed by atoms with van der Waals surface area (Å²) in [7, 11) is 1.77. The number of fused-ring (bicyclic) bond motifs is 1. The molecule has 2 aliphatic carbocycles. The highest BCUT2D eigenvalue weighted by atomic mass is 16.5. The standard InChI is InChI=1S/C24H33N3O/c1-4-20-23(19-14-16-10-6-7-11-17(16)15-22(19)28-3)26-21(5-2)24(27-20)25-18-12-8-9-13-18/h14-15,18H,4-13H2,1-3H3,(H,25,27). The van der Waals surface area contributed by atoms with Crippen molar-refractivity contribution in [1.29, 1.82) is 0 Å². The van der Waals surface area contributed by atoms with Crippen molar-refractivity contribution in [2.24, 2.45) is 0 Å². The third-order valence-electron chi connectivity index (χ3n) is 6.33. The highest BCUT2D eigenvalue weighted by Gasteiger charge is 2.22. The normalized spacial score (nSPS) is 16.8. The minimum absolute atomic E-state index is 0.549. The smallest absolute Gasteiger partial charge is 0.148 e. The number of anilines is 1. The SMILES string of the molecule is CCc1nc(-c2cc3c(cc2OC)CCCC3)c(CC)nc1NC1CCCC1. The summed E-state index contributed by atoms with van der Waals surface area (Å²) < 4.78 is 5.79. The quantitative estimate of drug-likeness (QED) is 0.719. The van der Waals surface area contributed by atoms with Crippen molar-refractivity contribution in [2.45, 2.75) is 84.1 Å². The van der Waals surface area contributed by atoms with E-state index in [0.717, 1.165) is 59.9 Å². The molecule has 0 bridgehead atoms. The van der Waals surface area contributed by atoms with Crippen LogP contribution in [0.2, 0.25) is 0 Å². The number of benzene rings is 1. The molecule has 0 amide bonds. The largest absolute Gasteiger partial charge is 0.496 e. The average Bonchev–Trinajstić information content (AvgIpc) is 3.25. The lowest BCUT2D eigenvalue weighted by Crippen LogP contribution is -2.18. The summed E-state index contributed by atoms with van der Waals surface area (Å²) in [5.41, 5.74) is 7.13. The van der Waals surface area contributed by atoms with E-state index >= 15 is 0 Å². The lowest BCUT2D eigenvalue weighted by Gasteiger charge is -2.21. The Labute approximate surface area is 169 Å². The Bertz CT molecular complexity index is 840. The zero-order valence-corrected chi connectivity index (χ0v) is 17.6. The third kappa shape index (κ3) is 3.74. The number of nitrogens with zero attached hydrogens (tertiary/aromatic N) is 2.